The Kier molecular flexibility index (Phi) is 14.1. The van der Waals surface area contributed by atoms with Crippen molar-refractivity contribution in [2.45, 2.75) is 19.3 Å². The number of likely N-dealkylation sites (N-methyl/N-ethyl adjacent to an activating group) is 1. The molecule has 0 bridgehead atoms. The molecule has 0 atom stereocenters. The summed E-state index contributed by atoms with van der Waals surface area (Å²) in [5.41, 5.74) is 0. The van der Waals surface area contributed by atoms with Crippen LogP contribution in [-0.2, 0) is 17.6 Å². The number of nitrogens with zero attached hydrogens (tertiary/aromatic N) is 2. The zero-order chi connectivity index (χ0) is 19.2. The van der Waals surface area contributed by atoms with Crippen LogP contribution in [0.5, 0.6) is 0 Å². The van der Waals surface area contributed by atoms with Gasteiger partial charge in [0.1, 0.15) is 5.76 Å². The van der Waals surface area contributed by atoms with E-state index in [0.717, 1.165) is 70.3 Å². The van der Waals surface area contributed by atoms with Gasteiger partial charge in [-0.05, 0) is 43.5 Å². The van der Waals surface area contributed by atoms with Gasteiger partial charge in [-0.15, -0.1) is 35.3 Å². The first-order chi connectivity index (χ1) is 13.3. The van der Waals surface area contributed by atoms with Crippen LogP contribution < -0.4 is 10.6 Å². The molecule has 2 N–H and O–H groups in total. The molecule has 0 aliphatic heterocycles. The number of guanidine groups is 1. The van der Waals surface area contributed by atoms with Gasteiger partial charge in [-0.2, -0.15) is 0 Å². The predicted octanol–water partition coefficient (Wildman–Crippen LogP) is 3.25. The lowest BCUT2D eigenvalue weighted by Gasteiger charge is -2.16. The van der Waals surface area contributed by atoms with Crippen molar-refractivity contribution in [3.05, 3.63) is 46.5 Å². The van der Waals surface area contributed by atoms with Crippen molar-refractivity contribution in [1.82, 2.24) is 15.5 Å². The van der Waals surface area contributed by atoms with Crippen molar-refractivity contribution in [3.8, 4) is 0 Å². The van der Waals surface area contributed by atoms with Crippen molar-refractivity contribution in [3.63, 3.8) is 0 Å². The number of hydrogen-bond donors (Lipinski definition) is 2. The molecular weight excluding hydrogens is 487 g/mol. The fraction of sp³-hybridized carbons (Fsp3) is 0.550. The summed E-state index contributed by atoms with van der Waals surface area (Å²) in [6.45, 7) is 5.19. The summed E-state index contributed by atoms with van der Waals surface area (Å²) in [6, 6.07) is 8.18. The Bertz CT molecular complexity index is 578. The van der Waals surface area contributed by atoms with E-state index in [9.17, 15) is 0 Å². The number of thiophene rings is 1. The number of halogens is 1. The van der Waals surface area contributed by atoms with Gasteiger partial charge in [0.05, 0.1) is 12.8 Å². The third kappa shape index (κ3) is 11.0. The van der Waals surface area contributed by atoms with E-state index in [1.54, 1.807) is 24.7 Å². The number of nitrogens with one attached hydrogen (secondary N) is 2. The molecule has 2 heterocycles. The summed E-state index contributed by atoms with van der Waals surface area (Å²) >= 11 is 1.79. The zero-order valence-corrected chi connectivity index (χ0v) is 20.0. The molecule has 0 unspecified atom stereocenters. The average molecular weight is 520 g/mol. The van der Waals surface area contributed by atoms with E-state index in [1.807, 2.05) is 12.1 Å². The average Bonchev–Trinajstić information content (AvgIpc) is 3.35. The molecule has 0 fully saturated rings. The first-order valence-electron chi connectivity index (χ1n) is 9.52. The highest BCUT2D eigenvalue weighted by molar-refractivity contribution is 14.0. The molecule has 158 valence electrons. The van der Waals surface area contributed by atoms with Crippen molar-refractivity contribution in [2.24, 2.45) is 4.99 Å². The van der Waals surface area contributed by atoms with Gasteiger partial charge in [-0.3, -0.25) is 4.99 Å². The number of hydrogen-bond acceptors (Lipinski definition) is 5. The van der Waals surface area contributed by atoms with Crippen molar-refractivity contribution in [1.29, 1.82) is 0 Å². The third-order valence-electron chi connectivity index (χ3n) is 4.13. The molecule has 0 saturated carbocycles. The van der Waals surface area contributed by atoms with Crippen molar-refractivity contribution in [2.75, 3.05) is 53.5 Å². The van der Waals surface area contributed by atoms with Gasteiger partial charge in [0.15, 0.2) is 5.96 Å². The fourth-order valence-corrected chi connectivity index (χ4v) is 3.32. The summed E-state index contributed by atoms with van der Waals surface area (Å²) in [7, 11) is 3.87. The van der Waals surface area contributed by atoms with Crippen LogP contribution in [-0.4, -0.2) is 64.3 Å². The van der Waals surface area contributed by atoms with Gasteiger partial charge < -0.3 is 24.7 Å². The first-order valence-corrected chi connectivity index (χ1v) is 10.4. The van der Waals surface area contributed by atoms with E-state index in [0.29, 0.717) is 0 Å². The number of methoxy groups -OCH3 is 1. The Morgan fingerprint density at radius 3 is 2.68 bits per heavy atom. The van der Waals surface area contributed by atoms with Gasteiger partial charge >= 0.3 is 0 Å². The Morgan fingerprint density at radius 2 is 2.00 bits per heavy atom. The van der Waals surface area contributed by atoms with Crippen LogP contribution in [0.25, 0.3) is 0 Å². The van der Waals surface area contributed by atoms with Crippen LogP contribution in [0.2, 0.25) is 0 Å². The predicted molar refractivity (Wildman–Crippen MR) is 128 cm³/mol. The molecule has 28 heavy (non-hydrogen) atoms. The lowest BCUT2D eigenvalue weighted by atomic mass is 10.3. The highest BCUT2D eigenvalue weighted by Gasteiger charge is 2.02. The van der Waals surface area contributed by atoms with Crippen molar-refractivity contribution >= 4 is 41.3 Å². The first kappa shape index (κ1) is 24.9. The molecule has 0 aliphatic carbocycles. The number of furan rings is 1. The monoisotopic (exact) mass is 520 g/mol. The maximum atomic E-state index is 5.39. The van der Waals surface area contributed by atoms with Gasteiger partial charge in [0.25, 0.3) is 0 Å². The van der Waals surface area contributed by atoms with Gasteiger partial charge in [-0.25, -0.2) is 0 Å². The molecule has 6 nitrogen and oxygen atoms in total. The molecule has 0 spiro atoms. The van der Waals surface area contributed by atoms with E-state index in [-0.39, 0.29) is 24.0 Å². The molecule has 0 saturated heterocycles. The van der Waals surface area contributed by atoms with E-state index in [2.05, 4.69) is 40.1 Å². The number of rotatable bonds is 13. The van der Waals surface area contributed by atoms with Crippen LogP contribution in [0.15, 0.2) is 45.3 Å². The molecule has 2 aromatic heterocycles. The maximum Gasteiger partial charge on any atom is 0.191 e. The van der Waals surface area contributed by atoms with Crippen LogP contribution in [0.3, 0.4) is 0 Å². The van der Waals surface area contributed by atoms with Crippen LogP contribution in [0, 0.1) is 0 Å². The Hall–Kier alpha value is -1.10. The zero-order valence-electron chi connectivity index (χ0n) is 16.9. The largest absolute Gasteiger partial charge is 0.469 e. The molecular formula is C20H33IN4O2S. The Balaban J connectivity index is 0.00000392. The van der Waals surface area contributed by atoms with E-state index in [4.69, 9.17) is 14.1 Å². The van der Waals surface area contributed by atoms with Crippen LogP contribution in [0.4, 0.5) is 0 Å². The lowest BCUT2D eigenvalue weighted by molar-refractivity contribution is 0.180. The Labute approximate surface area is 189 Å². The quantitative estimate of drug-likeness (QED) is 0.184. The number of ether oxygens (including phenoxy) is 1. The summed E-state index contributed by atoms with van der Waals surface area (Å²) in [5, 5.41) is 8.96. The van der Waals surface area contributed by atoms with E-state index < -0.39 is 0 Å². The second kappa shape index (κ2) is 15.8. The molecule has 2 rings (SSSR count). The SMILES string of the molecule is COCCCN(C)CCN=C(NCCc1ccco1)NCCc1cccs1.I. The third-order valence-corrected chi connectivity index (χ3v) is 5.06. The highest BCUT2D eigenvalue weighted by atomic mass is 127. The molecule has 0 radical (unpaired) electrons. The van der Waals surface area contributed by atoms with E-state index in [1.165, 1.54) is 4.88 Å². The summed E-state index contributed by atoms with van der Waals surface area (Å²) in [5.74, 6) is 1.85. The lowest BCUT2D eigenvalue weighted by Crippen LogP contribution is -2.40. The van der Waals surface area contributed by atoms with Crippen molar-refractivity contribution < 1.29 is 9.15 Å². The fourth-order valence-electron chi connectivity index (χ4n) is 2.62. The summed E-state index contributed by atoms with van der Waals surface area (Å²) in [4.78, 5) is 8.39. The summed E-state index contributed by atoms with van der Waals surface area (Å²) < 4.78 is 10.5. The second-order valence-electron chi connectivity index (χ2n) is 6.39. The number of aliphatic imine (C=N–C) groups is 1. The Morgan fingerprint density at radius 1 is 1.18 bits per heavy atom. The smallest absolute Gasteiger partial charge is 0.191 e. The van der Waals surface area contributed by atoms with Crippen LogP contribution in [0.1, 0.15) is 17.1 Å². The molecule has 0 aliphatic rings. The minimum Gasteiger partial charge on any atom is -0.469 e. The van der Waals surface area contributed by atoms with Gasteiger partial charge in [0, 0.05) is 51.2 Å². The standard InChI is InChI=1S/C20H32N4O2S.HI/c1-24(13-5-15-25-2)14-12-23-20(21-10-8-18-6-3-16-26-18)22-11-9-19-7-4-17-27-19;/h3-4,6-7,16-17H,5,8-15H2,1-2H3,(H2,21,22,23);1H. The van der Waals surface area contributed by atoms with Crippen LogP contribution >= 0.6 is 35.3 Å². The summed E-state index contributed by atoms with van der Waals surface area (Å²) in [6.07, 6.45) is 4.61. The second-order valence-corrected chi connectivity index (χ2v) is 7.42. The molecule has 0 aromatic carbocycles. The van der Waals surface area contributed by atoms with E-state index >= 15 is 0 Å². The highest BCUT2D eigenvalue weighted by Crippen LogP contribution is 2.08. The maximum absolute atomic E-state index is 5.39. The van der Waals surface area contributed by atoms with Gasteiger partial charge in [-0.1, -0.05) is 6.07 Å². The topological polar surface area (TPSA) is 62.0 Å². The minimum absolute atomic E-state index is 0. The normalized spacial score (nSPS) is 11.5. The van der Waals surface area contributed by atoms with Gasteiger partial charge in [0.2, 0.25) is 0 Å². The molecule has 2 aromatic rings. The molecule has 0 amide bonds. The minimum atomic E-state index is 0. The molecule has 8 heteroatoms.